The van der Waals surface area contributed by atoms with E-state index in [1.807, 2.05) is 0 Å². The lowest BCUT2D eigenvalue weighted by atomic mass is 9.90. The van der Waals surface area contributed by atoms with Crippen molar-refractivity contribution in [3.8, 4) is 0 Å². The average molecular weight is 560 g/mol. The lowest BCUT2D eigenvalue weighted by Crippen LogP contribution is -2.51. The van der Waals surface area contributed by atoms with Gasteiger partial charge in [-0.05, 0) is 32.7 Å². The highest BCUT2D eigenvalue weighted by atomic mass is 32.2. The summed E-state index contributed by atoms with van der Waals surface area (Å²) < 4.78 is 95.0. The van der Waals surface area contributed by atoms with E-state index in [4.69, 9.17) is 24.5 Å². The second kappa shape index (κ2) is 12.7. The van der Waals surface area contributed by atoms with Crippen LogP contribution in [0.5, 0.6) is 0 Å². The number of hydrogen-bond donors (Lipinski definition) is 2. The number of aliphatic carboxylic acids is 2. The van der Waals surface area contributed by atoms with E-state index < -0.39 is 34.3 Å². The van der Waals surface area contributed by atoms with Crippen LogP contribution < -0.4 is 0 Å². The molecule has 212 valence electrons. The van der Waals surface area contributed by atoms with Crippen molar-refractivity contribution in [2.24, 2.45) is 0 Å². The van der Waals surface area contributed by atoms with Crippen molar-refractivity contribution in [3.05, 3.63) is 0 Å². The van der Waals surface area contributed by atoms with Gasteiger partial charge in [0.2, 0.25) is 10.0 Å². The van der Waals surface area contributed by atoms with Crippen LogP contribution in [-0.4, -0.2) is 128 Å². The van der Waals surface area contributed by atoms with Crippen LogP contribution in [0.3, 0.4) is 0 Å². The molecule has 3 aliphatic heterocycles. The Bertz CT molecular complexity index is 823. The number of carbonyl (C=O) groups is 2. The van der Waals surface area contributed by atoms with Crippen LogP contribution in [0.15, 0.2) is 0 Å². The minimum Gasteiger partial charge on any atom is -0.475 e. The van der Waals surface area contributed by atoms with Crippen molar-refractivity contribution in [1.82, 2.24) is 14.1 Å². The van der Waals surface area contributed by atoms with Gasteiger partial charge in [0.05, 0.1) is 18.0 Å². The van der Waals surface area contributed by atoms with E-state index >= 15 is 0 Å². The van der Waals surface area contributed by atoms with Crippen molar-refractivity contribution in [3.63, 3.8) is 0 Å². The van der Waals surface area contributed by atoms with E-state index in [0.717, 1.165) is 58.4 Å². The summed E-state index contributed by atoms with van der Waals surface area (Å²) in [5.41, 5.74) is -0.224. The molecule has 3 fully saturated rings. The van der Waals surface area contributed by atoms with Gasteiger partial charge in [-0.1, -0.05) is 0 Å². The molecule has 2 atom stereocenters. The number of piperazine rings is 1. The molecule has 1 spiro atoms. The molecule has 3 heterocycles. The number of alkyl halides is 6. The van der Waals surface area contributed by atoms with Gasteiger partial charge in [0.1, 0.15) is 0 Å². The van der Waals surface area contributed by atoms with Gasteiger partial charge in [0, 0.05) is 45.8 Å². The number of nitrogens with zero attached hydrogens (tertiary/aromatic N) is 3. The molecule has 0 bridgehead atoms. The topological polar surface area (TPSA) is 128 Å². The number of sulfonamides is 1. The first-order chi connectivity index (χ1) is 16.2. The van der Waals surface area contributed by atoms with E-state index in [1.54, 1.807) is 4.31 Å². The van der Waals surface area contributed by atoms with Gasteiger partial charge < -0.3 is 19.8 Å². The van der Waals surface area contributed by atoms with Gasteiger partial charge >= 0.3 is 24.3 Å². The maximum atomic E-state index is 11.7. The SMILES string of the molecule is CN1CCN(C[C@H]2CCC[C@]3(CCN(S(C)(=O)=O)C3)O2)CC1.O=C(O)C(F)(F)F.O=C(O)C(F)(F)F. The highest BCUT2D eigenvalue weighted by Gasteiger charge is 2.45. The van der Waals surface area contributed by atoms with E-state index in [2.05, 4.69) is 16.8 Å². The molecule has 36 heavy (non-hydrogen) atoms. The molecule has 0 aromatic carbocycles. The largest absolute Gasteiger partial charge is 0.490 e. The van der Waals surface area contributed by atoms with Crippen LogP contribution in [0.4, 0.5) is 26.3 Å². The van der Waals surface area contributed by atoms with E-state index in [-0.39, 0.29) is 11.7 Å². The van der Waals surface area contributed by atoms with Crippen molar-refractivity contribution >= 4 is 22.0 Å². The van der Waals surface area contributed by atoms with E-state index in [0.29, 0.717) is 13.1 Å². The Morgan fingerprint density at radius 3 is 1.81 bits per heavy atom. The molecule has 0 saturated carbocycles. The van der Waals surface area contributed by atoms with Crippen molar-refractivity contribution in [2.45, 2.75) is 49.7 Å². The van der Waals surface area contributed by atoms with Gasteiger partial charge in [-0.2, -0.15) is 30.6 Å². The van der Waals surface area contributed by atoms with Crippen LogP contribution in [0, 0.1) is 0 Å². The highest BCUT2D eigenvalue weighted by molar-refractivity contribution is 7.88. The summed E-state index contributed by atoms with van der Waals surface area (Å²) in [6.07, 6.45) is -4.51. The third-order valence-corrected chi connectivity index (χ3v) is 7.12. The summed E-state index contributed by atoms with van der Waals surface area (Å²) in [5.74, 6) is -5.51. The lowest BCUT2D eigenvalue weighted by Gasteiger charge is -2.41. The summed E-state index contributed by atoms with van der Waals surface area (Å²) in [5, 5.41) is 14.2. The zero-order chi connectivity index (χ0) is 27.9. The predicted octanol–water partition coefficient (Wildman–Crippen LogP) is 1.47. The first-order valence-electron chi connectivity index (χ1n) is 10.9. The predicted molar refractivity (Wildman–Crippen MR) is 114 cm³/mol. The van der Waals surface area contributed by atoms with Gasteiger partial charge in [0.15, 0.2) is 0 Å². The van der Waals surface area contributed by atoms with E-state index in [9.17, 15) is 34.8 Å². The number of halogens is 6. The Labute approximate surface area is 204 Å². The number of likely N-dealkylation sites (N-methyl/N-ethyl adjacent to an activating group) is 1. The highest BCUT2D eigenvalue weighted by Crippen LogP contribution is 2.37. The Kier molecular flexibility index (Phi) is 11.4. The number of rotatable bonds is 3. The Morgan fingerprint density at radius 2 is 1.42 bits per heavy atom. The fourth-order valence-corrected chi connectivity index (χ4v) is 4.85. The van der Waals surface area contributed by atoms with Crippen LogP contribution in [-0.2, 0) is 24.3 Å². The quantitative estimate of drug-likeness (QED) is 0.494. The van der Waals surface area contributed by atoms with Gasteiger partial charge in [-0.15, -0.1) is 0 Å². The second-order valence-corrected chi connectivity index (χ2v) is 10.9. The zero-order valence-corrected chi connectivity index (χ0v) is 20.6. The first kappa shape index (κ1) is 32.3. The first-order valence-corrected chi connectivity index (χ1v) is 12.7. The summed E-state index contributed by atoms with van der Waals surface area (Å²) >= 11 is 0. The normalized spacial score (nSPS) is 26.5. The minimum atomic E-state index is -5.08. The molecule has 0 aromatic heterocycles. The molecular weight excluding hydrogens is 528 g/mol. The molecule has 0 unspecified atom stereocenters. The number of hydrogen-bond acceptors (Lipinski definition) is 7. The number of ether oxygens (including phenoxy) is 1. The fourth-order valence-electron chi connectivity index (χ4n) is 3.96. The smallest absolute Gasteiger partial charge is 0.475 e. The maximum Gasteiger partial charge on any atom is 0.490 e. The monoisotopic (exact) mass is 559 g/mol. The Hall–Kier alpha value is -1.69. The molecule has 2 N–H and O–H groups in total. The Balaban J connectivity index is 0.000000383. The number of carboxylic acid groups (broad SMARTS) is 2. The van der Waals surface area contributed by atoms with Gasteiger partial charge in [-0.3, -0.25) is 4.90 Å². The molecule has 3 saturated heterocycles. The van der Waals surface area contributed by atoms with Crippen molar-refractivity contribution in [1.29, 1.82) is 0 Å². The average Bonchev–Trinajstić information content (AvgIpc) is 3.13. The van der Waals surface area contributed by atoms with Crippen LogP contribution in [0.1, 0.15) is 25.7 Å². The molecule has 10 nitrogen and oxygen atoms in total. The molecule has 17 heteroatoms. The van der Waals surface area contributed by atoms with Gasteiger partial charge in [-0.25, -0.2) is 18.0 Å². The molecule has 3 rings (SSSR count). The molecule has 0 aliphatic carbocycles. The van der Waals surface area contributed by atoms with Gasteiger partial charge in [0.25, 0.3) is 0 Å². The zero-order valence-electron chi connectivity index (χ0n) is 19.8. The molecular formula is C19H31F6N3O7S. The van der Waals surface area contributed by atoms with Crippen LogP contribution >= 0.6 is 0 Å². The van der Waals surface area contributed by atoms with Crippen molar-refractivity contribution in [2.75, 3.05) is 59.1 Å². The summed E-state index contributed by atoms with van der Waals surface area (Å²) in [6.45, 7) is 6.62. The minimum absolute atomic E-state index is 0.224. The van der Waals surface area contributed by atoms with Crippen LogP contribution in [0.25, 0.3) is 0 Å². The second-order valence-electron chi connectivity index (χ2n) is 8.87. The Morgan fingerprint density at radius 1 is 0.944 bits per heavy atom. The van der Waals surface area contributed by atoms with Crippen LogP contribution in [0.2, 0.25) is 0 Å². The van der Waals surface area contributed by atoms with Crippen molar-refractivity contribution < 1.29 is 59.3 Å². The van der Waals surface area contributed by atoms with E-state index in [1.165, 1.54) is 6.26 Å². The lowest BCUT2D eigenvalue weighted by molar-refractivity contribution is -0.193. The molecule has 3 aliphatic rings. The standard InChI is InChI=1S/C15H29N3O3S.2C2HF3O2/c1-16-8-10-17(11-9-16)12-14-4-3-5-15(21-14)6-7-18(13-15)22(2,19)20;2*3-2(4,5)1(6)7/h14H,3-13H2,1-2H3;2*(H,6,7)/t14-,15-;;/m1../s1. The summed E-state index contributed by atoms with van der Waals surface area (Å²) in [4.78, 5) is 22.6. The molecule has 0 aromatic rings. The number of carboxylic acids is 2. The third-order valence-electron chi connectivity index (χ3n) is 5.87. The summed E-state index contributed by atoms with van der Waals surface area (Å²) in [6, 6.07) is 0. The fraction of sp³-hybridized carbons (Fsp3) is 0.895. The molecule has 0 radical (unpaired) electrons. The summed E-state index contributed by atoms with van der Waals surface area (Å²) in [7, 11) is -0.923. The molecule has 0 amide bonds. The maximum absolute atomic E-state index is 11.7. The third kappa shape index (κ3) is 11.1.